The van der Waals surface area contributed by atoms with E-state index in [9.17, 15) is 4.79 Å². The summed E-state index contributed by atoms with van der Waals surface area (Å²) in [5, 5.41) is 5.80. The number of carbonyl (C=O) groups is 1. The Morgan fingerprint density at radius 3 is 2.78 bits per heavy atom. The van der Waals surface area contributed by atoms with Gasteiger partial charge in [0, 0.05) is 23.0 Å². The van der Waals surface area contributed by atoms with Gasteiger partial charge in [-0.3, -0.25) is 9.69 Å². The summed E-state index contributed by atoms with van der Waals surface area (Å²) in [4.78, 5) is 15.4. The van der Waals surface area contributed by atoms with Gasteiger partial charge in [0.25, 0.3) is 5.91 Å². The predicted molar refractivity (Wildman–Crippen MR) is 131 cm³/mol. The Morgan fingerprint density at radius 1 is 1.16 bits per heavy atom. The van der Waals surface area contributed by atoms with Crippen LogP contribution in [0.2, 0.25) is 0 Å². The molecule has 2 aromatic carbocycles. The van der Waals surface area contributed by atoms with Crippen molar-refractivity contribution >= 4 is 27.3 Å². The molecule has 1 aliphatic heterocycles. The summed E-state index contributed by atoms with van der Waals surface area (Å²) in [6.07, 6.45) is 3.18. The van der Waals surface area contributed by atoms with Gasteiger partial charge in [-0.25, -0.2) is 4.68 Å². The topological polar surface area (TPSA) is 64.2 Å². The molecule has 5 rings (SSSR count). The van der Waals surface area contributed by atoms with Gasteiger partial charge in [0.1, 0.15) is 0 Å². The number of hydrogen-bond acceptors (Lipinski definition) is 4. The van der Waals surface area contributed by atoms with Crippen LogP contribution < -0.4 is 5.73 Å². The second kappa shape index (κ2) is 8.52. The van der Waals surface area contributed by atoms with E-state index < -0.39 is 0 Å². The average Bonchev–Trinajstić information content (AvgIpc) is 3.46. The standard InChI is InChI=1S/C26H28N4OS/c1-17-13-18(2)30(28-17)21-8-5-7-19(14-21)16-29-12-6-9-20(29)15-23-22-10-3-4-11-24(22)32-25(23)26(27)31/h3-5,7-8,10-11,13-14,20H,6,9,12,15-16H2,1-2H3,(H2,27,31)/t20-/m1/s1. The zero-order valence-corrected chi connectivity index (χ0v) is 19.4. The number of hydrogen-bond donors (Lipinski definition) is 1. The van der Waals surface area contributed by atoms with Crippen molar-refractivity contribution in [3.8, 4) is 5.69 Å². The Morgan fingerprint density at radius 2 is 2.00 bits per heavy atom. The number of rotatable bonds is 6. The van der Waals surface area contributed by atoms with Crippen molar-refractivity contribution in [2.75, 3.05) is 6.54 Å². The highest BCUT2D eigenvalue weighted by Gasteiger charge is 2.28. The van der Waals surface area contributed by atoms with Gasteiger partial charge in [-0.15, -0.1) is 11.3 Å². The van der Waals surface area contributed by atoms with Gasteiger partial charge in [0.2, 0.25) is 0 Å². The van der Waals surface area contributed by atoms with Crippen molar-refractivity contribution in [1.29, 1.82) is 0 Å². The van der Waals surface area contributed by atoms with Crippen LogP contribution in [-0.4, -0.2) is 33.2 Å². The minimum Gasteiger partial charge on any atom is -0.365 e. The molecule has 1 saturated heterocycles. The van der Waals surface area contributed by atoms with E-state index in [2.05, 4.69) is 59.4 Å². The Kier molecular flexibility index (Phi) is 5.57. The molecule has 0 aliphatic carbocycles. The molecule has 0 unspecified atom stereocenters. The van der Waals surface area contributed by atoms with Crippen LogP contribution in [-0.2, 0) is 13.0 Å². The smallest absolute Gasteiger partial charge is 0.259 e. The monoisotopic (exact) mass is 444 g/mol. The van der Waals surface area contributed by atoms with Gasteiger partial charge < -0.3 is 5.73 Å². The highest BCUT2D eigenvalue weighted by molar-refractivity contribution is 7.21. The maximum atomic E-state index is 12.1. The number of fused-ring (bicyclic) bond motifs is 1. The third-order valence-electron chi connectivity index (χ3n) is 6.41. The van der Waals surface area contributed by atoms with Crippen molar-refractivity contribution < 1.29 is 4.79 Å². The molecule has 1 fully saturated rings. The van der Waals surface area contributed by atoms with Crippen LogP contribution in [0, 0.1) is 13.8 Å². The third-order valence-corrected chi connectivity index (χ3v) is 7.64. The SMILES string of the molecule is Cc1cc(C)n(-c2cccc(CN3CCC[C@@H]3Cc3c(C(N)=O)sc4ccccc34)c2)n1. The molecule has 4 aromatic rings. The van der Waals surface area contributed by atoms with Gasteiger partial charge in [-0.2, -0.15) is 5.10 Å². The van der Waals surface area contributed by atoms with E-state index in [0.29, 0.717) is 10.9 Å². The maximum absolute atomic E-state index is 12.1. The summed E-state index contributed by atoms with van der Waals surface area (Å²) in [7, 11) is 0. The summed E-state index contributed by atoms with van der Waals surface area (Å²) >= 11 is 1.52. The summed E-state index contributed by atoms with van der Waals surface area (Å²) in [6.45, 7) is 6.08. The van der Waals surface area contributed by atoms with Crippen LogP contribution in [0.25, 0.3) is 15.8 Å². The minimum atomic E-state index is -0.316. The van der Waals surface area contributed by atoms with Crippen molar-refractivity contribution in [3.63, 3.8) is 0 Å². The highest BCUT2D eigenvalue weighted by Crippen LogP contribution is 2.34. The number of aryl methyl sites for hydroxylation is 2. The molecule has 5 nitrogen and oxygen atoms in total. The third kappa shape index (κ3) is 3.96. The summed E-state index contributed by atoms with van der Waals surface area (Å²) < 4.78 is 3.15. The Balaban J connectivity index is 1.39. The van der Waals surface area contributed by atoms with Crippen LogP contribution in [0.4, 0.5) is 0 Å². The molecule has 0 radical (unpaired) electrons. The van der Waals surface area contributed by atoms with E-state index in [1.165, 1.54) is 28.7 Å². The lowest BCUT2D eigenvalue weighted by atomic mass is 10.00. The second-order valence-corrected chi connectivity index (χ2v) is 9.80. The van der Waals surface area contributed by atoms with Crippen molar-refractivity contribution in [2.45, 2.75) is 45.7 Å². The summed E-state index contributed by atoms with van der Waals surface area (Å²) in [5.74, 6) is -0.316. The first kappa shape index (κ1) is 20.9. The molecule has 1 atom stereocenters. The molecule has 1 aliphatic rings. The molecule has 6 heteroatoms. The van der Waals surface area contributed by atoms with E-state index in [4.69, 9.17) is 5.73 Å². The number of nitrogens with zero attached hydrogens (tertiary/aromatic N) is 3. The summed E-state index contributed by atoms with van der Waals surface area (Å²) in [6, 6.07) is 19.4. The van der Waals surface area contributed by atoms with Gasteiger partial charge >= 0.3 is 0 Å². The van der Waals surface area contributed by atoms with Gasteiger partial charge in [0.05, 0.1) is 16.3 Å². The van der Waals surface area contributed by atoms with Crippen LogP contribution >= 0.6 is 11.3 Å². The fourth-order valence-corrected chi connectivity index (χ4v) is 6.07. The first-order valence-corrected chi connectivity index (χ1v) is 12.0. The zero-order valence-electron chi connectivity index (χ0n) is 18.5. The predicted octanol–water partition coefficient (Wildman–Crippen LogP) is 5.01. The molecule has 0 bridgehead atoms. The number of primary amides is 1. The molecule has 2 N–H and O–H groups in total. The van der Waals surface area contributed by atoms with Crippen LogP contribution in [0.15, 0.2) is 54.6 Å². The fraction of sp³-hybridized carbons (Fsp3) is 0.308. The fourth-order valence-electron chi connectivity index (χ4n) is 4.98. The number of aromatic nitrogens is 2. The maximum Gasteiger partial charge on any atom is 0.259 e. The number of thiophene rings is 1. The lowest BCUT2D eigenvalue weighted by Gasteiger charge is -2.25. The van der Waals surface area contributed by atoms with Gasteiger partial charge in [0.15, 0.2) is 0 Å². The largest absolute Gasteiger partial charge is 0.365 e. The Hall–Kier alpha value is -2.96. The molecule has 32 heavy (non-hydrogen) atoms. The second-order valence-electron chi connectivity index (χ2n) is 8.75. The highest BCUT2D eigenvalue weighted by atomic mass is 32.1. The molecule has 164 valence electrons. The van der Waals surface area contributed by atoms with Crippen molar-refractivity contribution in [2.24, 2.45) is 5.73 Å². The molecular weight excluding hydrogens is 416 g/mol. The first-order chi connectivity index (χ1) is 15.5. The molecule has 1 amide bonds. The average molecular weight is 445 g/mol. The number of carbonyl (C=O) groups excluding carboxylic acids is 1. The lowest BCUT2D eigenvalue weighted by molar-refractivity contribution is 0.100. The van der Waals surface area contributed by atoms with E-state index in [0.717, 1.165) is 53.3 Å². The van der Waals surface area contributed by atoms with E-state index >= 15 is 0 Å². The summed E-state index contributed by atoms with van der Waals surface area (Å²) in [5.41, 5.74) is 11.4. The van der Waals surface area contributed by atoms with E-state index in [-0.39, 0.29) is 5.91 Å². The van der Waals surface area contributed by atoms with Crippen molar-refractivity contribution in [1.82, 2.24) is 14.7 Å². The van der Waals surface area contributed by atoms with Crippen LogP contribution in [0.3, 0.4) is 0 Å². The number of benzene rings is 2. The van der Waals surface area contributed by atoms with Crippen molar-refractivity contribution in [3.05, 3.63) is 82.0 Å². The van der Waals surface area contributed by atoms with E-state index in [1.807, 2.05) is 23.7 Å². The first-order valence-electron chi connectivity index (χ1n) is 11.2. The van der Waals surface area contributed by atoms with E-state index in [1.54, 1.807) is 0 Å². The van der Waals surface area contributed by atoms with Gasteiger partial charge in [-0.1, -0.05) is 30.3 Å². The molecule has 3 heterocycles. The number of amides is 1. The zero-order chi connectivity index (χ0) is 22.2. The van der Waals surface area contributed by atoms with Crippen LogP contribution in [0.1, 0.15) is 45.0 Å². The number of nitrogens with two attached hydrogens (primary N) is 1. The minimum absolute atomic E-state index is 0.316. The molecular formula is C26H28N4OS. The molecule has 2 aromatic heterocycles. The Labute approximate surface area is 192 Å². The van der Waals surface area contributed by atoms with Gasteiger partial charge in [-0.05, 0) is 80.4 Å². The quantitative estimate of drug-likeness (QED) is 0.455. The molecule has 0 spiro atoms. The normalized spacial score (nSPS) is 16.8. The van der Waals surface area contributed by atoms with Crippen LogP contribution in [0.5, 0.6) is 0 Å². The molecule has 0 saturated carbocycles. The lowest BCUT2D eigenvalue weighted by Crippen LogP contribution is -2.31. The Bertz CT molecular complexity index is 1290. The number of likely N-dealkylation sites (tertiary alicyclic amines) is 1.